The molecule has 2 N–H and O–H groups in total. The summed E-state index contributed by atoms with van der Waals surface area (Å²) in [4.78, 5) is 7.99. The van der Waals surface area contributed by atoms with Crippen molar-refractivity contribution in [2.24, 2.45) is 5.92 Å². The average Bonchev–Trinajstić information content (AvgIpc) is 2.93. The molecular formula is C17H24ClN3S. The highest BCUT2D eigenvalue weighted by molar-refractivity contribution is 7.15. The third kappa shape index (κ3) is 4.00. The van der Waals surface area contributed by atoms with E-state index in [-0.39, 0.29) is 12.4 Å². The summed E-state index contributed by atoms with van der Waals surface area (Å²) in [6, 6.07) is 11.0. The molecule has 5 heteroatoms. The number of thiazole rings is 1. The Morgan fingerprint density at radius 1 is 1.32 bits per heavy atom. The van der Waals surface area contributed by atoms with Crippen molar-refractivity contribution in [3.8, 4) is 0 Å². The molecular weight excluding hydrogens is 314 g/mol. The molecule has 1 aliphatic heterocycles. The van der Waals surface area contributed by atoms with Crippen LogP contribution in [0.25, 0.3) is 0 Å². The van der Waals surface area contributed by atoms with E-state index in [9.17, 15) is 0 Å². The van der Waals surface area contributed by atoms with Gasteiger partial charge >= 0.3 is 0 Å². The lowest BCUT2D eigenvalue weighted by molar-refractivity contribution is 0.144. The largest absolute Gasteiger partial charge is 0.375 e. The van der Waals surface area contributed by atoms with Crippen molar-refractivity contribution >= 4 is 28.9 Å². The molecule has 2 atom stereocenters. The standard InChI is InChI=1S/C17H23N3S.ClH/c1-2-13-11-20(12-15-10-19-17(18)21-15)9-8-16(13)14-6-4-3-5-7-14;/h3-7,10,13,16H,2,8-9,11-12H2,1H3,(H2,18,19);1H. The van der Waals surface area contributed by atoms with E-state index in [1.54, 1.807) is 11.3 Å². The number of hydrogen-bond acceptors (Lipinski definition) is 4. The lowest BCUT2D eigenvalue weighted by atomic mass is 9.79. The minimum absolute atomic E-state index is 0. The Kier molecular flexibility index (Phi) is 6.24. The van der Waals surface area contributed by atoms with Gasteiger partial charge in [0.05, 0.1) is 0 Å². The second-order valence-electron chi connectivity index (χ2n) is 5.87. The monoisotopic (exact) mass is 337 g/mol. The van der Waals surface area contributed by atoms with Crippen LogP contribution in [0.15, 0.2) is 36.5 Å². The number of likely N-dealkylation sites (tertiary alicyclic amines) is 1. The summed E-state index contributed by atoms with van der Waals surface area (Å²) in [6.45, 7) is 5.64. The Labute approximate surface area is 143 Å². The van der Waals surface area contributed by atoms with Gasteiger partial charge in [0.1, 0.15) is 0 Å². The maximum atomic E-state index is 5.72. The van der Waals surface area contributed by atoms with Crippen LogP contribution in [0.4, 0.5) is 5.13 Å². The Bertz CT molecular complexity index is 572. The first-order valence-electron chi connectivity index (χ1n) is 7.73. The first-order valence-corrected chi connectivity index (χ1v) is 8.55. The van der Waals surface area contributed by atoms with Crippen molar-refractivity contribution in [1.82, 2.24) is 9.88 Å². The molecule has 0 spiro atoms. The normalized spacial score (nSPS) is 22.2. The third-order valence-corrected chi connectivity index (χ3v) is 5.33. The van der Waals surface area contributed by atoms with Gasteiger partial charge in [-0.25, -0.2) is 4.98 Å². The molecule has 1 aliphatic rings. The molecule has 2 heterocycles. The number of nitrogen functional groups attached to an aromatic ring is 1. The molecule has 1 fully saturated rings. The minimum atomic E-state index is 0. The van der Waals surface area contributed by atoms with E-state index in [1.165, 1.54) is 29.8 Å². The van der Waals surface area contributed by atoms with Gasteiger partial charge in [0.2, 0.25) is 0 Å². The molecule has 3 rings (SSSR count). The van der Waals surface area contributed by atoms with Crippen molar-refractivity contribution in [2.45, 2.75) is 32.2 Å². The van der Waals surface area contributed by atoms with Gasteiger partial charge in [-0.1, -0.05) is 43.7 Å². The maximum absolute atomic E-state index is 5.72. The smallest absolute Gasteiger partial charge is 0.180 e. The molecule has 0 bridgehead atoms. The average molecular weight is 338 g/mol. The van der Waals surface area contributed by atoms with Crippen molar-refractivity contribution in [3.05, 3.63) is 47.0 Å². The number of nitrogens with two attached hydrogens (primary N) is 1. The topological polar surface area (TPSA) is 42.2 Å². The fourth-order valence-electron chi connectivity index (χ4n) is 3.42. The van der Waals surface area contributed by atoms with E-state index >= 15 is 0 Å². The second kappa shape index (κ2) is 7.95. The van der Waals surface area contributed by atoms with Gasteiger partial charge in [0.15, 0.2) is 5.13 Å². The van der Waals surface area contributed by atoms with E-state index in [4.69, 9.17) is 5.73 Å². The Hall–Kier alpha value is -1.10. The quantitative estimate of drug-likeness (QED) is 0.910. The second-order valence-corrected chi connectivity index (χ2v) is 7.02. The number of aromatic nitrogens is 1. The van der Waals surface area contributed by atoms with E-state index in [1.807, 2.05) is 6.20 Å². The summed E-state index contributed by atoms with van der Waals surface area (Å²) >= 11 is 1.61. The zero-order valence-electron chi connectivity index (χ0n) is 12.9. The van der Waals surface area contributed by atoms with E-state index in [0.29, 0.717) is 11.0 Å². The third-order valence-electron chi connectivity index (χ3n) is 4.52. The van der Waals surface area contributed by atoms with Crippen LogP contribution in [0.2, 0.25) is 0 Å². The highest BCUT2D eigenvalue weighted by atomic mass is 35.5. The number of piperidine rings is 1. The van der Waals surface area contributed by atoms with Crippen LogP contribution >= 0.6 is 23.7 Å². The molecule has 0 saturated carbocycles. The summed E-state index contributed by atoms with van der Waals surface area (Å²) in [5.41, 5.74) is 7.23. The summed E-state index contributed by atoms with van der Waals surface area (Å²) < 4.78 is 0. The van der Waals surface area contributed by atoms with E-state index < -0.39 is 0 Å². The molecule has 0 aliphatic carbocycles. The highest BCUT2D eigenvalue weighted by Crippen LogP contribution is 2.35. The molecule has 3 nitrogen and oxygen atoms in total. The van der Waals surface area contributed by atoms with Crippen LogP contribution < -0.4 is 5.73 Å². The lowest BCUT2D eigenvalue weighted by Gasteiger charge is -2.38. The first kappa shape index (κ1) is 17.3. The Balaban J connectivity index is 0.00000176. The summed E-state index contributed by atoms with van der Waals surface area (Å²) in [7, 11) is 0. The van der Waals surface area contributed by atoms with Gasteiger partial charge in [0.25, 0.3) is 0 Å². The van der Waals surface area contributed by atoms with Gasteiger partial charge in [-0.05, 0) is 30.4 Å². The fourth-order valence-corrected chi connectivity index (χ4v) is 4.15. The molecule has 2 unspecified atom stereocenters. The molecule has 120 valence electrons. The molecule has 1 aromatic carbocycles. The van der Waals surface area contributed by atoms with Crippen molar-refractivity contribution < 1.29 is 0 Å². The molecule has 0 amide bonds. The number of nitrogens with zero attached hydrogens (tertiary/aromatic N) is 2. The number of hydrogen-bond donors (Lipinski definition) is 1. The van der Waals surface area contributed by atoms with Gasteiger partial charge < -0.3 is 5.73 Å². The van der Waals surface area contributed by atoms with Crippen LogP contribution in [0.3, 0.4) is 0 Å². The molecule has 1 aromatic heterocycles. The predicted molar refractivity (Wildman–Crippen MR) is 96.6 cm³/mol. The number of halogens is 1. The zero-order valence-corrected chi connectivity index (χ0v) is 14.6. The van der Waals surface area contributed by atoms with E-state index in [2.05, 4.69) is 47.1 Å². The van der Waals surface area contributed by atoms with Gasteiger partial charge in [-0.3, -0.25) is 4.90 Å². The van der Waals surface area contributed by atoms with Crippen LogP contribution in [0.1, 0.15) is 36.1 Å². The molecule has 1 saturated heterocycles. The molecule has 2 aromatic rings. The summed E-state index contributed by atoms with van der Waals surface area (Å²) in [5, 5.41) is 0.677. The highest BCUT2D eigenvalue weighted by Gasteiger charge is 2.29. The summed E-state index contributed by atoms with van der Waals surface area (Å²) in [5.74, 6) is 1.45. The zero-order chi connectivity index (χ0) is 14.7. The summed E-state index contributed by atoms with van der Waals surface area (Å²) in [6.07, 6.45) is 4.40. The molecule has 0 radical (unpaired) electrons. The van der Waals surface area contributed by atoms with Crippen molar-refractivity contribution in [2.75, 3.05) is 18.8 Å². The van der Waals surface area contributed by atoms with Crippen LogP contribution in [-0.2, 0) is 6.54 Å². The number of benzene rings is 1. The van der Waals surface area contributed by atoms with Crippen LogP contribution in [-0.4, -0.2) is 23.0 Å². The van der Waals surface area contributed by atoms with Crippen molar-refractivity contribution in [1.29, 1.82) is 0 Å². The van der Waals surface area contributed by atoms with Crippen molar-refractivity contribution in [3.63, 3.8) is 0 Å². The van der Waals surface area contributed by atoms with Gasteiger partial charge in [0, 0.05) is 24.2 Å². The number of anilines is 1. The maximum Gasteiger partial charge on any atom is 0.180 e. The SMILES string of the molecule is CCC1CN(Cc2cnc(N)s2)CCC1c1ccccc1.Cl. The van der Waals surface area contributed by atoms with Crippen LogP contribution in [0, 0.1) is 5.92 Å². The Morgan fingerprint density at radius 3 is 2.73 bits per heavy atom. The predicted octanol–water partition coefficient (Wildman–Crippen LogP) is 4.16. The lowest BCUT2D eigenvalue weighted by Crippen LogP contribution is -2.38. The fraction of sp³-hybridized carbons (Fsp3) is 0.471. The first-order chi connectivity index (χ1) is 10.3. The number of rotatable bonds is 4. The Morgan fingerprint density at radius 2 is 2.09 bits per heavy atom. The minimum Gasteiger partial charge on any atom is -0.375 e. The van der Waals surface area contributed by atoms with Gasteiger partial charge in [-0.2, -0.15) is 0 Å². The van der Waals surface area contributed by atoms with E-state index in [0.717, 1.165) is 19.0 Å². The van der Waals surface area contributed by atoms with Crippen LogP contribution in [0.5, 0.6) is 0 Å². The van der Waals surface area contributed by atoms with Gasteiger partial charge in [-0.15, -0.1) is 23.7 Å². The molecule has 22 heavy (non-hydrogen) atoms.